The average molecular weight is 321 g/mol. The smallest absolute Gasteiger partial charge is 0.271 e. The van der Waals surface area contributed by atoms with Crippen molar-refractivity contribution in [1.29, 1.82) is 0 Å². The molecule has 0 saturated carbocycles. The van der Waals surface area contributed by atoms with Gasteiger partial charge in [-0.15, -0.1) is 0 Å². The van der Waals surface area contributed by atoms with Crippen LogP contribution in [0.2, 0.25) is 0 Å². The monoisotopic (exact) mass is 321 g/mol. The van der Waals surface area contributed by atoms with E-state index in [0.29, 0.717) is 18.5 Å². The van der Waals surface area contributed by atoms with Crippen molar-refractivity contribution in [2.24, 2.45) is 5.10 Å². The minimum Gasteiger partial charge on any atom is -0.312 e. The summed E-state index contributed by atoms with van der Waals surface area (Å²) in [4.78, 5) is 25.9. The van der Waals surface area contributed by atoms with Gasteiger partial charge in [-0.3, -0.25) is 9.59 Å². The number of hydrogen-bond acceptors (Lipinski definition) is 3. The third kappa shape index (κ3) is 3.51. The number of hydrazone groups is 1. The number of nitrogens with one attached hydrogen (secondary N) is 1. The molecule has 1 fully saturated rings. The van der Waals surface area contributed by atoms with Crippen LogP contribution in [0.25, 0.3) is 0 Å². The van der Waals surface area contributed by atoms with Crippen molar-refractivity contribution >= 4 is 23.2 Å². The fourth-order valence-corrected chi connectivity index (χ4v) is 2.68. The Labute approximate surface area is 141 Å². The fourth-order valence-electron chi connectivity index (χ4n) is 2.68. The number of benzene rings is 2. The maximum absolute atomic E-state index is 12.3. The summed E-state index contributed by atoms with van der Waals surface area (Å²) in [6.45, 7) is 2.55. The van der Waals surface area contributed by atoms with Gasteiger partial charge in [0.15, 0.2) is 0 Å². The van der Waals surface area contributed by atoms with Crippen molar-refractivity contribution in [3.8, 4) is 0 Å². The van der Waals surface area contributed by atoms with E-state index in [1.807, 2.05) is 43.3 Å². The molecule has 5 heteroatoms. The molecule has 1 aliphatic rings. The van der Waals surface area contributed by atoms with E-state index in [2.05, 4.69) is 10.5 Å². The number of carbonyl (C=O) groups is 2. The molecular formula is C19H19N3O2. The van der Waals surface area contributed by atoms with Crippen LogP contribution in [0.5, 0.6) is 0 Å². The van der Waals surface area contributed by atoms with Gasteiger partial charge in [-0.25, -0.2) is 5.43 Å². The van der Waals surface area contributed by atoms with E-state index in [1.165, 1.54) is 0 Å². The van der Waals surface area contributed by atoms with E-state index >= 15 is 0 Å². The quantitative estimate of drug-likeness (QED) is 0.695. The Balaban J connectivity index is 1.72. The second-order valence-corrected chi connectivity index (χ2v) is 5.70. The Hall–Kier alpha value is -2.95. The Bertz CT molecular complexity index is 784. The zero-order valence-electron chi connectivity index (χ0n) is 13.5. The van der Waals surface area contributed by atoms with Gasteiger partial charge in [0.1, 0.15) is 0 Å². The Morgan fingerprint density at radius 1 is 1.08 bits per heavy atom. The number of anilines is 1. The van der Waals surface area contributed by atoms with Crippen LogP contribution in [0.15, 0.2) is 59.7 Å². The van der Waals surface area contributed by atoms with Crippen LogP contribution in [0.4, 0.5) is 5.69 Å². The molecule has 0 aromatic heterocycles. The van der Waals surface area contributed by atoms with E-state index in [-0.39, 0.29) is 11.8 Å². The topological polar surface area (TPSA) is 61.8 Å². The summed E-state index contributed by atoms with van der Waals surface area (Å²) in [5, 5.41) is 4.15. The zero-order chi connectivity index (χ0) is 16.9. The molecule has 0 aliphatic carbocycles. The lowest BCUT2D eigenvalue weighted by molar-refractivity contribution is -0.117. The lowest BCUT2D eigenvalue weighted by atomic mass is 10.1. The third-order valence-corrected chi connectivity index (χ3v) is 4.01. The number of rotatable bonds is 4. The summed E-state index contributed by atoms with van der Waals surface area (Å²) < 4.78 is 0. The van der Waals surface area contributed by atoms with Gasteiger partial charge in [0.25, 0.3) is 5.91 Å². The molecule has 24 heavy (non-hydrogen) atoms. The molecule has 122 valence electrons. The first-order valence-electron chi connectivity index (χ1n) is 7.95. The minimum absolute atomic E-state index is 0.102. The van der Waals surface area contributed by atoms with Crippen LogP contribution in [0.3, 0.4) is 0 Å². The molecule has 3 rings (SSSR count). The molecule has 2 aromatic rings. The third-order valence-electron chi connectivity index (χ3n) is 4.01. The van der Waals surface area contributed by atoms with Crippen molar-refractivity contribution in [3.63, 3.8) is 0 Å². The summed E-state index contributed by atoms with van der Waals surface area (Å²) >= 11 is 0. The van der Waals surface area contributed by atoms with Crippen molar-refractivity contribution in [3.05, 3.63) is 65.7 Å². The van der Waals surface area contributed by atoms with Gasteiger partial charge in [-0.2, -0.15) is 5.10 Å². The van der Waals surface area contributed by atoms with Crippen LogP contribution in [-0.2, 0) is 4.79 Å². The van der Waals surface area contributed by atoms with Gasteiger partial charge in [0.05, 0.1) is 5.71 Å². The van der Waals surface area contributed by atoms with Crippen LogP contribution < -0.4 is 10.3 Å². The van der Waals surface area contributed by atoms with E-state index < -0.39 is 0 Å². The number of amides is 2. The maximum Gasteiger partial charge on any atom is 0.271 e. The summed E-state index contributed by atoms with van der Waals surface area (Å²) in [7, 11) is 0. The van der Waals surface area contributed by atoms with Gasteiger partial charge in [-0.05, 0) is 37.1 Å². The fraction of sp³-hybridized carbons (Fsp3) is 0.211. The lowest BCUT2D eigenvalue weighted by Gasteiger charge is -2.16. The molecule has 0 spiro atoms. The van der Waals surface area contributed by atoms with E-state index in [9.17, 15) is 9.59 Å². The largest absolute Gasteiger partial charge is 0.312 e. The van der Waals surface area contributed by atoms with E-state index in [0.717, 1.165) is 23.4 Å². The van der Waals surface area contributed by atoms with Crippen molar-refractivity contribution in [2.45, 2.75) is 19.8 Å². The van der Waals surface area contributed by atoms with Gasteiger partial charge in [-0.1, -0.05) is 36.4 Å². The zero-order valence-corrected chi connectivity index (χ0v) is 13.5. The molecular weight excluding hydrogens is 302 g/mol. The second-order valence-electron chi connectivity index (χ2n) is 5.70. The first-order chi connectivity index (χ1) is 11.6. The predicted molar refractivity (Wildman–Crippen MR) is 94.1 cm³/mol. The second kappa shape index (κ2) is 7.08. The molecule has 5 nitrogen and oxygen atoms in total. The lowest BCUT2D eigenvalue weighted by Crippen LogP contribution is -2.24. The maximum atomic E-state index is 12.3. The summed E-state index contributed by atoms with van der Waals surface area (Å²) in [5.41, 5.74) is 5.50. The van der Waals surface area contributed by atoms with Crippen molar-refractivity contribution in [2.75, 3.05) is 11.4 Å². The predicted octanol–water partition coefficient (Wildman–Crippen LogP) is 2.97. The van der Waals surface area contributed by atoms with Gasteiger partial charge in [0, 0.05) is 24.2 Å². The summed E-state index contributed by atoms with van der Waals surface area (Å²) in [5.74, 6) is -0.190. The van der Waals surface area contributed by atoms with E-state index in [1.54, 1.807) is 23.1 Å². The molecule has 1 aliphatic heterocycles. The molecule has 1 heterocycles. The first kappa shape index (κ1) is 15.9. The molecule has 0 bridgehead atoms. The summed E-state index contributed by atoms with van der Waals surface area (Å²) in [6.07, 6.45) is 1.42. The van der Waals surface area contributed by atoms with Crippen LogP contribution >= 0.6 is 0 Å². The number of hydrogen-bond donors (Lipinski definition) is 1. The van der Waals surface area contributed by atoms with Crippen LogP contribution in [-0.4, -0.2) is 24.1 Å². The van der Waals surface area contributed by atoms with Gasteiger partial charge < -0.3 is 4.90 Å². The van der Waals surface area contributed by atoms with Crippen molar-refractivity contribution in [1.82, 2.24) is 5.43 Å². The number of nitrogens with zero attached hydrogens (tertiary/aromatic N) is 2. The van der Waals surface area contributed by atoms with Crippen LogP contribution in [0, 0.1) is 0 Å². The van der Waals surface area contributed by atoms with Gasteiger partial charge in [0.2, 0.25) is 5.91 Å². The highest BCUT2D eigenvalue weighted by Gasteiger charge is 2.22. The molecule has 0 atom stereocenters. The summed E-state index contributed by atoms with van der Waals surface area (Å²) in [6, 6.07) is 16.7. The molecule has 1 saturated heterocycles. The standard InChI is InChI=1S/C19H19N3O2/c1-14(15-7-3-2-4-8-15)20-21-19(24)16-9-5-10-17(13-16)22-12-6-11-18(22)23/h2-5,7-10,13H,6,11-12H2,1H3,(H,21,24)/b20-14-. The Kier molecular flexibility index (Phi) is 4.70. The SMILES string of the molecule is C/C(=N/NC(=O)c1cccc(N2CCCC2=O)c1)c1ccccc1. The van der Waals surface area contributed by atoms with Crippen LogP contribution in [0.1, 0.15) is 35.7 Å². The Morgan fingerprint density at radius 2 is 1.83 bits per heavy atom. The number of carbonyl (C=O) groups excluding carboxylic acids is 2. The minimum atomic E-state index is -0.293. The Morgan fingerprint density at radius 3 is 2.54 bits per heavy atom. The molecule has 2 amide bonds. The van der Waals surface area contributed by atoms with Gasteiger partial charge >= 0.3 is 0 Å². The molecule has 2 aromatic carbocycles. The van der Waals surface area contributed by atoms with Crippen molar-refractivity contribution < 1.29 is 9.59 Å². The first-order valence-corrected chi connectivity index (χ1v) is 7.95. The average Bonchev–Trinajstić information content (AvgIpc) is 3.06. The molecule has 0 radical (unpaired) electrons. The normalized spacial score (nSPS) is 14.8. The van der Waals surface area contributed by atoms with E-state index in [4.69, 9.17) is 0 Å². The highest BCUT2D eigenvalue weighted by Crippen LogP contribution is 2.22. The highest BCUT2D eigenvalue weighted by atomic mass is 16.2. The molecule has 0 unspecified atom stereocenters. The molecule has 1 N–H and O–H groups in total. The highest BCUT2D eigenvalue weighted by molar-refractivity contribution is 6.01.